The number of amides is 1. The number of carbonyl (C=O) groups excluding carboxylic acids is 1. The smallest absolute Gasteiger partial charge is 0.273 e. The van der Waals surface area contributed by atoms with Crippen LogP contribution in [-0.4, -0.2) is 40.4 Å². The highest BCUT2D eigenvalue weighted by Gasteiger charge is 2.30. The molecule has 0 bridgehead atoms. The van der Waals surface area contributed by atoms with Crippen molar-refractivity contribution >= 4 is 53.0 Å². The third-order valence-electron chi connectivity index (χ3n) is 3.77. The monoisotopic (exact) mass is 403 g/mol. The van der Waals surface area contributed by atoms with E-state index in [9.17, 15) is 4.79 Å². The Morgan fingerprint density at radius 3 is 2.83 bits per heavy atom. The number of carbonyl (C=O) groups is 1. The van der Waals surface area contributed by atoms with Crippen molar-refractivity contribution in [2.45, 2.75) is 12.5 Å². The van der Waals surface area contributed by atoms with Crippen molar-refractivity contribution in [1.29, 1.82) is 0 Å². The average Bonchev–Trinajstić information content (AvgIpc) is 3.04. The van der Waals surface area contributed by atoms with Crippen molar-refractivity contribution in [2.24, 2.45) is 5.73 Å². The number of nitrogens with two attached hydrogens (primary N) is 1. The number of nitrogens with zero attached hydrogens (tertiary/aromatic N) is 2. The van der Waals surface area contributed by atoms with Crippen LogP contribution in [0.4, 0.5) is 0 Å². The number of halogens is 2. The van der Waals surface area contributed by atoms with E-state index in [-0.39, 0.29) is 24.4 Å². The van der Waals surface area contributed by atoms with E-state index in [1.165, 1.54) is 11.3 Å². The summed E-state index contributed by atoms with van der Waals surface area (Å²) in [6, 6.07) is 7.82. The topological polar surface area (TPSA) is 59.2 Å². The second-order valence-electron chi connectivity index (χ2n) is 5.31. The van der Waals surface area contributed by atoms with Crippen LogP contribution in [-0.2, 0) is 6.42 Å². The van der Waals surface area contributed by atoms with Crippen LogP contribution in [0.2, 0.25) is 5.02 Å². The molecule has 1 aromatic heterocycles. The Labute approximate surface area is 161 Å². The molecule has 1 fully saturated rings. The lowest BCUT2D eigenvalue weighted by Gasteiger charge is -2.35. The molecule has 2 N–H and O–H groups in total. The van der Waals surface area contributed by atoms with Crippen LogP contribution in [0.15, 0.2) is 29.6 Å². The van der Waals surface area contributed by atoms with Crippen LogP contribution in [0, 0.1) is 0 Å². The molecular formula is C16H19Cl2N3OS2. The summed E-state index contributed by atoms with van der Waals surface area (Å²) >= 11 is 9.35. The Hall–Kier alpha value is -0.790. The third-order valence-corrected chi connectivity index (χ3v) is 5.96. The van der Waals surface area contributed by atoms with Crippen LogP contribution in [0.25, 0.3) is 0 Å². The maximum atomic E-state index is 12.9. The van der Waals surface area contributed by atoms with E-state index in [1.807, 2.05) is 46.3 Å². The lowest BCUT2D eigenvalue weighted by atomic mass is 10.1. The van der Waals surface area contributed by atoms with E-state index in [0.717, 1.165) is 28.6 Å². The van der Waals surface area contributed by atoms with Crippen LogP contribution in [0.3, 0.4) is 0 Å². The highest BCUT2D eigenvalue weighted by atomic mass is 35.5. The molecule has 0 aliphatic carbocycles. The Bertz CT molecular complexity index is 678. The Morgan fingerprint density at radius 2 is 2.12 bits per heavy atom. The van der Waals surface area contributed by atoms with E-state index in [2.05, 4.69) is 4.98 Å². The molecule has 2 aromatic rings. The average molecular weight is 404 g/mol. The second-order valence-corrected chi connectivity index (χ2v) is 7.83. The summed E-state index contributed by atoms with van der Waals surface area (Å²) in [5, 5.41) is 3.47. The number of rotatable bonds is 4. The fourth-order valence-corrected chi connectivity index (χ4v) is 4.60. The number of hydrogen-bond donors (Lipinski definition) is 1. The first kappa shape index (κ1) is 19.5. The number of hydrogen-bond acceptors (Lipinski definition) is 5. The molecule has 1 unspecified atom stereocenters. The minimum Gasteiger partial charge on any atom is -0.330 e. The van der Waals surface area contributed by atoms with Gasteiger partial charge in [-0.3, -0.25) is 4.79 Å². The highest BCUT2D eigenvalue weighted by Crippen LogP contribution is 2.31. The maximum Gasteiger partial charge on any atom is 0.273 e. The lowest BCUT2D eigenvalue weighted by Crippen LogP contribution is -2.40. The fourth-order valence-electron chi connectivity index (χ4n) is 2.60. The van der Waals surface area contributed by atoms with Gasteiger partial charge >= 0.3 is 0 Å². The SMILES string of the molecule is Cl.NCCc1nc(C(=O)N2CCSCC2c2ccc(Cl)cc2)cs1. The van der Waals surface area contributed by atoms with Gasteiger partial charge in [0.1, 0.15) is 5.69 Å². The zero-order valence-electron chi connectivity index (χ0n) is 13.0. The molecule has 130 valence electrons. The lowest BCUT2D eigenvalue weighted by molar-refractivity contribution is 0.0696. The van der Waals surface area contributed by atoms with E-state index >= 15 is 0 Å². The van der Waals surface area contributed by atoms with Crippen molar-refractivity contribution < 1.29 is 4.79 Å². The zero-order chi connectivity index (χ0) is 16.2. The van der Waals surface area contributed by atoms with Gasteiger partial charge in [0.05, 0.1) is 11.0 Å². The molecule has 1 aromatic carbocycles. The molecule has 0 spiro atoms. The Morgan fingerprint density at radius 1 is 1.38 bits per heavy atom. The summed E-state index contributed by atoms with van der Waals surface area (Å²) in [5.74, 6) is 1.85. The summed E-state index contributed by atoms with van der Waals surface area (Å²) in [4.78, 5) is 19.2. The molecule has 0 saturated carbocycles. The first-order chi connectivity index (χ1) is 11.2. The summed E-state index contributed by atoms with van der Waals surface area (Å²) in [7, 11) is 0. The first-order valence-electron chi connectivity index (χ1n) is 7.47. The Kier molecular flexibility index (Phi) is 7.37. The van der Waals surface area contributed by atoms with E-state index in [0.29, 0.717) is 23.7 Å². The van der Waals surface area contributed by atoms with E-state index < -0.39 is 0 Å². The molecule has 8 heteroatoms. The molecule has 1 aliphatic rings. The predicted octanol–water partition coefficient (Wildman–Crippen LogP) is 3.65. The Balaban J connectivity index is 0.00000208. The molecule has 24 heavy (non-hydrogen) atoms. The molecule has 0 radical (unpaired) electrons. The van der Waals surface area contributed by atoms with Gasteiger partial charge in [-0.1, -0.05) is 23.7 Å². The van der Waals surface area contributed by atoms with Gasteiger partial charge in [-0.05, 0) is 24.2 Å². The van der Waals surface area contributed by atoms with Crippen LogP contribution in [0.5, 0.6) is 0 Å². The summed E-state index contributed by atoms with van der Waals surface area (Å²) in [5.41, 5.74) is 7.21. The van der Waals surface area contributed by atoms with Gasteiger partial charge in [0.25, 0.3) is 5.91 Å². The zero-order valence-corrected chi connectivity index (χ0v) is 16.2. The van der Waals surface area contributed by atoms with Gasteiger partial charge in [0, 0.05) is 34.9 Å². The fraction of sp³-hybridized carbons (Fsp3) is 0.375. The number of benzene rings is 1. The van der Waals surface area contributed by atoms with Crippen molar-refractivity contribution in [1.82, 2.24) is 9.88 Å². The summed E-state index contributed by atoms with van der Waals surface area (Å²) in [6.07, 6.45) is 0.717. The van der Waals surface area contributed by atoms with Crippen LogP contribution in [0.1, 0.15) is 27.1 Å². The van der Waals surface area contributed by atoms with Crippen molar-refractivity contribution in [3.05, 3.63) is 50.9 Å². The molecule has 1 saturated heterocycles. The molecular weight excluding hydrogens is 385 g/mol. The molecule has 2 heterocycles. The van der Waals surface area contributed by atoms with Gasteiger partial charge < -0.3 is 10.6 Å². The van der Waals surface area contributed by atoms with Crippen LogP contribution >= 0.6 is 47.1 Å². The summed E-state index contributed by atoms with van der Waals surface area (Å²) in [6.45, 7) is 1.29. The first-order valence-corrected chi connectivity index (χ1v) is 9.89. The number of thioether (sulfide) groups is 1. The van der Waals surface area contributed by atoms with Gasteiger partial charge in [-0.2, -0.15) is 11.8 Å². The van der Waals surface area contributed by atoms with Crippen molar-refractivity contribution in [3.8, 4) is 0 Å². The second kappa shape index (κ2) is 9.06. The molecule has 4 nitrogen and oxygen atoms in total. The van der Waals surface area contributed by atoms with Crippen molar-refractivity contribution in [3.63, 3.8) is 0 Å². The molecule has 1 amide bonds. The van der Waals surface area contributed by atoms with Gasteiger partial charge in [0.2, 0.25) is 0 Å². The third kappa shape index (κ3) is 4.43. The van der Waals surface area contributed by atoms with Crippen molar-refractivity contribution in [2.75, 3.05) is 24.6 Å². The molecule has 1 aliphatic heterocycles. The quantitative estimate of drug-likeness (QED) is 0.845. The number of aromatic nitrogens is 1. The van der Waals surface area contributed by atoms with Gasteiger partial charge in [0.15, 0.2) is 0 Å². The minimum absolute atomic E-state index is 0. The van der Waals surface area contributed by atoms with Gasteiger partial charge in [-0.25, -0.2) is 4.98 Å². The standard InChI is InChI=1S/C16H18ClN3OS2.ClH/c17-12-3-1-11(2-4-12)14-10-22-8-7-20(14)16(21)13-9-23-15(19-13)5-6-18;/h1-4,9,14H,5-8,10,18H2;1H. The normalized spacial score (nSPS) is 17.4. The predicted molar refractivity (Wildman–Crippen MR) is 105 cm³/mol. The van der Waals surface area contributed by atoms with Gasteiger partial charge in [-0.15, -0.1) is 23.7 Å². The maximum absolute atomic E-state index is 12.9. The van der Waals surface area contributed by atoms with E-state index in [4.69, 9.17) is 17.3 Å². The van der Waals surface area contributed by atoms with E-state index in [1.54, 1.807) is 0 Å². The number of thiazole rings is 1. The summed E-state index contributed by atoms with van der Waals surface area (Å²) < 4.78 is 0. The molecule has 1 atom stereocenters. The highest BCUT2D eigenvalue weighted by molar-refractivity contribution is 7.99. The largest absolute Gasteiger partial charge is 0.330 e. The minimum atomic E-state index is 0. The van der Waals surface area contributed by atoms with Crippen LogP contribution < -0.4 is 5.73 Å². The molecule has 3 rings (SSSR count).